The van der Waals surface area contributed by atoms with Crippen molar-refractivity contribution in [2.45, 2.75) is 35.3 Å². The Kier molecular flexibility index (Phi) is 7.80. The lowest BCUT2D eigenvalue weighted by atomic mass is 9.70. The summed E-state index contributed by atoms with van der Waals surface area (Å²) in [6, 6.07) is 6.51. The summed E-state index contributed by atoms with van der Waals surface area (Å²) in [5.74, 6) is -0.760. The highest BCUT2D eigenvalue weighted by Crippen LogP contribution is 2.66. The highest BCUT2D eigenvalue weighted by Gasteiger charge is 2.73. The lowest BCUT2D eigenvalue weighted by molar-refractivity contribution is -0.143. The number of rotatable bonds is 11. The van der Waals surface area contributed by atoms with Crippen molar-refractivity contribution in [3.8, 4) is 5.75 Å². The van der Waals surface area contributed by atoms with Gasteiger partial charge in [-0.25, -0.2) is 0 Å². The number of thioether (sulfide) groups is 1. The number of benzene rings is 1. The number of hydrogen-bond donors (Lipinski definition) is 1. The smallest absolute Gasteiger partial charge is 0.251 e. The van der Waals surface area contributed by atoms with Gasteiger partial charge in [-0.05, 0) is 43.5 Å². The maximum atomic E-state index is 14.3. The zero-order chi connectivity index (χ0) is 26.0. The summed E-state index contributed by atoms with van der Waals surface area (Å²) < 4.78 is 4.59. The molecule has 3 aliphatic rings. The van der Waals surface area contributed by atoms with Gasteiger partial charge in [-0.3, -0.25) is 14.4 Å². The molecule has 8 nitrogen and oxygen atoms in total. The normalized spacial score (nSPS) is 28.1. The molecule has 0 radical (unpaired) electrons. The van der Waals surface area contributed by atoms with E-state index in [1.807, 2.05) is 12.1 Å². The highest BCUT2D eigenvalue weighted by molar-refractivity contribution is 8.02. The van der Waals surface area contributed by atoms with Gasteiger partial charge in [0.15, 0.2) is 0 Å². The van der Waals surface area contributed by atoms with Crippen LogP contribution in [0, 0.1) is 11.8 Å². The van der Waals surface area contributed by atoms with Gasteiger partial charge in [-0.2, -0.15) is 0 Å². The first-order valence-electron chi connectivity index (χ1n) is 12.4. The summed E-state index contributed by atoms with van der Waals surface area (Å²) >= 11 is 1.64. The van der Waals surface area contributed by atoms with Gasteiger partial charge in [0.1, 0.15) is 11.8 Å². The number of carbonyl (C=O) groups excluding carboxylic acids is 3. The number of methoxy groups -OCH3 is 1. The quantitative estimate of drug-likeness (QED) is 0.457. The van der Waals surface area contributed by atoms with Crippen molar-refractivity contribution < 1.29 is 24.2 Å². The van der Waals surface area contributed by atoms with Crippen molar-refractivity contribution in [2.75, 3.05) is 45.3 Å². The van der Waals surface area contributed by atoms with Crippen LogP contribution in [-0.4, -0.2) is 89.1 Å². The molecule has 3 fully saturated rings. The third-order valence-corrected chi connectivity index (χ3v) is 9.57. The van der Waals surface area contributed by atoms with E-state index in [9.17, 15) is 19.5 Å². The third kappa shape index (κ3) is 4.22. The largest absolute Gasteiger partial charge is 0.497 e. The SMILES string of the molecule is C=CCN(C)C(=O)[C@@H]1[C@H]2C(=O)N(CCCO)C(C(=O)N(CC=C)c3ccc(OC)cc3)C23CC[C@H]1S3. The molecular formula is C27H35N3O5S. The van der Waals surface area contributed by atoms with Crippen LogP contribution in [0.5, 0.6) is 5.75 Å². The monoisotopic (exact) mass is 513 g/mol. The summed E-state index contributed by atoms with van der Waals surface area (Å²) in [5.41, 5.74) is 0.686. The molecule has 4 rings (SSSR count). The molecule has 2 unspecified atom stereocenters. The van der Waals surface area contributed by atoms with Crippen molar-refractivity contribution in [3.63, 3.8) is 0 Å². The molecule has 3 saturated heterocycles. The summed E-state index contributed by atoms with van der Waals surface area (Å²) in [6.07, 6.45) is 5.19. The van der Waals surface area contributed by atoms with E-state index in [0.29, 0.717) is 30.8 Å². The minimum absolute atomic E-state index is 0.00264. The van der Waals surface area contributed by atoms with Crippen LogP contribution in [0.1, 0.15) is 19.3 Å². The molecule has 1 N–H and O–H groups in total. The van der Waals surface area contributed by atoms with Crippen LogP contribution < -0.4 is 9.64 Å². The maximum absolute atomic E-state index is 14.3. The summed E-state index contributed by atoms with van der Waals surface area (Å²) in [4.78, 5) is 46.6. The van der Waals surface area contributed by atoms with Gasteiger partial charge in [-0.15, -0.1) is 24.9 Å². The Morgan fingerprint density at radius 3 is 2.53 bits per heavy atom. The number of aliphatic hydroxyl groups excluding tert-OH is 1. The second kappa shape index (κ2) is 10.7. The number of carbonyl (C=O) groups is 3. The Morgan fingerprint density at radius 1 is 1.22 bits per heavy atom. The zero-order valence-corrected chi connectivity index (χ0v) is 21.8. The van der Waals surface area contributed by atoms with Crippen molar-refractivity contribution in [2.24, 2.45) is 11.8 Å². The van der Waals surface area contributed by atoms with Gasteiger partial charge in [0.05, 0.1) is 23.7 Å². The summed E-state index contributed by atoms with van der Waals surface area (Å²) in [5, 5.41) is 9.53. The lowest BCUT2D eigenvalue weighted by Gasteiger charge is -2.37. The standard InChI is InChI=1S/C27H35N3O5S/c1-5-14-28(3)24(32)21-20-12-13-27(36-20)22(21)25(33)30(16-7-17-31)23(27)26(34)29(15-6-2)18-8-10-19(35-4)11-9-18/h5-6,8-11,20-23,31H,1-2,7,12-17H2,3-4H3/t20-,21+,22+,23?,27?/m1/s1. The van der Waals surface area contributed by atoms with E-state index in [4.69, 9.17) is 4.74 Å². The van der Waals surface area contributed by atoms with E-state index in [-0.39, 0.29) is 42.7 Å². The topological polar surface area (TPSA) is 90.4 Å². The fourth-order valence-corrected chi connectivity index (χ4v) is 8.30. The predicted octanol–water partition coefficient (Wildman–Crippen LogP) is 2.33. The molecule has 0 aromatic heterocycles. The Labute approximate surface area is 216 Å². The molecule has 3 amide bonds. The van der Waals surface area contributed by atoms with Crippen LogP contribution in [0.3, 0.4) is 0 Å². The van der Waals surface area contributed by atoms with E-state index in [2.05, 4.69) is 13.2 Å². The van der Waals surface area contributed by atoms with Crippen molar-refractivity contribution >= 4 is 35.2 Å². The van der Waals surface area contributed by atoms with Gasteiger partial charge in [0.25, 0.3) is 5.91 Å². The highest BCUT2D eigenvalue weighted by atomic mass is 32.2. The first kappa shape index (κ1) is 26.3. The third-order valence-electron chi connectivity index (χ3n) is 7.62. The fraction of sp³-hybridized carbons (Fsp3) is 0.519. The van der Waals surface area contributed by atoms with Crippen LogP contribution in [0.4, 0.5) is 5.69 Å². The van der Waals surface area contributed by atoms with E-state index in [1.54, 1.807) is 64.9 Å². The Hall–Kier alpha value is -2.78. The van der Waals surface area contributed by atoms with Crippen molar-refractivity contribution in [1.82, 2.24) is 9.80 Å². The maximum Gasteiger partial charge on any atom is 0.251 e. The van der Waals surface area contributed by atoms with E-state index in [1.165, 1.54) is 0 Å². The minimum atomic E-state index is -0.721. The summed E-state index contributed by atoms with van der Waals surface area (Å²) in [6.45, 7) is 8.44. The molecule has 3 aliphatic heterocycles. The number of nitrogens with zero attached hydrogens (tertiary/aromatic N) is 3. The second-order valence-electron chi connectivity index (χ2n) is 9.61. The molecule has 3 heterocycles. The van der Waals surface area contributed by atoms with Crippen LogP contribution in [-0.2, 0) is 14.4 Å². The number of likely N-dealkylation sites (N-methyl/N-ethyl adjacent to an activating group) is 1. The molecule has 5 atom stereocenters. The van der Waals surface area contributed by atoms with Crippen molar-refractivity contribution in [1.29, 1.82) is 0 Å². The molecule has 1 aromatic carbocycles. The van der Waals surface area contributed by atoms with Gasteiger partial charge in [0.2, 0.25) is 11.8 Å². The van der Waals surface area contributed by atoms with E-state index >= 15 is 0 Å². The van der Waals surface area contributed by atoms with E-state index in [0.717, 1.165) is 6.42 Å². The number of aliphatic hydroxyl groups is 1. The van der Waals surface area contributed by atoms with Gasteiger partial charge < -0.3 is 24.5 Å². The van der Waals surface area contributed by atoms with Crippen molar-refractivity contribution in [3.05, 3.63) is 49.6 Å². The van der Waals surface area contributed by atoms with E-state index < -0.39 is 22.6 Å². The minimum Gasteiger partial charge on any atom is -0.497 e. The molecule has 0 saturated carbocycles. The average Bonchev–Trinajstić information content (AvgIpc) is 3.52. The van der Waals surface area contributed by atoms with Gasteiger partial charge in [0, 0.05) is 44.2 Å². The molecule has 0 aliphatic carbocycles. The molecule has 9 heteroatoms. The van der Waals surface area contributed by atoms with Gasteiger partial charge >= 0.3 is 0 Å². The van der Waals surface area contributed by atoms with Gasteiger partial charge in [-0.1, -0.05) is 12.2 Å². The van der Waals surface area contributed by atoms with Crippen LogP contribution in [0.15, 0.2) is 49.6 Å². The van der Waals surface area contributed by atoms with Crippen LogP contribution >= 0.6 is 11.8 Å². The Morgan fingerprint density at radius 2 is 1.92 bits per heavy atom. The number of fused-ring (bicyclic) bond motifs is 1. The predicted molar refractivity (Wildman–Crippen MR) is 141 cm³/mol. The lowest BCUT2D eigenvalue weighted by Crippen LogP contribution is -2.55. The number of anilines is 1. The summed E-state index contributed by atoms with van der Waals surface area (Å²) in [7, 11) is 3.32. The van der Waals surface area contributed by atoms with Crippen LogP contribution in [0.2, 0.25) is 0 Å². The molecule has 2 bridgehead atoms. The molecule has 1 spiro atoms. The van der Waals surface area contributed by atoms with Crippen LogP contribution in [0.25, 0.3) is 0 Å². The Balaban J connectivity index is 1.74. The molecule has 1 aromatic rings. The number of hydrogen-bond acceptors (Lipinski definition) is 6. The average molecular weight is 514 g/mol. The Bertz CT molecular complexity index is 1030. The zero-order valence-electron chi connectivity index (χ0n) is 21.0. The fourth-order valence-electron chi connectivity index (χ4n) is 6.10. The molecule has 194 valence electrons. The number of ether oxygens (including phenoxy) is 1. The number of amides is 3. The first-order chi connectivity index (χ1) is 17.3. The molecule has 36 heavy (non-hydrogen) atoms. The second-order valence-corrected chi connectivity index (χ2v) is 11.2. The molecular weight excluding hydrogens is 478 g/mol. The number of likely N-dealkylation sites (tertiary alicyclic amines) is 1. The first-order valence-corrected chi connectivity index (χ1v) is 13.2.